The van der Waals surface area contributed by atoms with Crippen molar-refractivity contribution in [1.82, 2.24) is 0 Å². The van der Waals surface area contributed by atoms with Crippen LogP contribution in [0.1, 0.15) is 136 Å². The minimum atomic E-state index is -2.68. The molecule has 8 heteroatoms. The van der Waals surface area contributed by atoms with Gasteiger partial charge in [-0.2, -0.15) is 0 Å². The highest BCUT2D eigenvalue weighted by molar-refractivity contribution is 5.92. The summed E-state index contributed by atoms with van der Waals surface area (Å²) >= 11 is 0. The van der Waals surface area contributed by atoms with Gasteiger partial charge < -0.3 is 19.7 Å². The third-order valence-electron chi connectivity index (χ3n) is 6.17. The van der Waals surface area contributed by atoms with Gasteiger partial charge in [0.1, 0.15) is 0 Å². The monoisotopic (exact) mass is 514 g/mol. The van der Waals surface area contributed by atoms with Crippen LogP contribution < -0.4 is 0 Å². The Morgan fingerprint density at radius 3 is 1.75 bits per heavy atom. The van der Waals surface area contributed by atoms with E-state index in [0.717, 1.165) is 50.9 Å². The fourth-order valence-electron chi connectivity index (χ4n) is 3.91. The summed E-state index contributed by atoms with van der Waals surface area (Å²) in [6.45, 7) is 6.71. The van der Waals surface area contributed by atoms with E-state index in [0.29, 0.717) is 12.8 Å². The van der Waals surface area contributed by atoms with Gasteiger partial charge >= 0.3 is 23.9 Å². The Kier molecular flexibility index (Phi) is 20.0. The number of unbranched alkanes of at least 4 members (excludes halogenated alkanes) is 12. The highest BCUT2D eigenvalue weighted by Gasteiger charge is 2.42. The molecule has 0 aromatic rings. The van der Waals surface area contributed by atoms with Crippen LogP contribution in [0.2, 0.25) is 0 Å². The third kappa shape index (κ3) is 19.3. The highest BCUT2D eigenvalue weighted by Crippen LogP contribution is 2.19. The van der Waals surface area contributed by atoms with Gasteiger partial charge in [0.25, 0.3) is 0 Å². The average molecular weight is 515 g/mol. The van der Waals surface area contributed by atoms with Crippen molar-refractivity contribution in [3.05, 3.63) is 0 Å². The number of carboxylic acid groups (broad SMARTS) is 1. The lowest BCUT2D eigenvalue weighted by Gasteiger charge is -2.21. The Morgan fingerprint density at radius 1 is 0.694 bits per heavy atom. The van der Waals surface area contributed by atoms with E-state index in [9.17, 15) is 29.4 Å². The van der Waals surface area contributed by atoms with Crippen molar-refractivity contribution in [3.63, 3.8) is 0 Å². The number of hydrogen-bond acceptors (Lipinski definition) is 7. The molecule has 0 radical (unpaired) electrons. The summed E-state index contributed by atoms with van der Waals surface area (Å²) in [4.78, 5) is 47.2. The summed E-state index contributed by atoms with van der Waals surface area (Å²) in [7, 11) is 0. The first-order chi connectivity index (χ1) is 17.1. The number of esters is 3. The number of carboxylic acids is 1. The maximum Gasteiger partial charge on any atom is 0.336 e. The summed E-state index contributed by atoms with van der Waals surface area (Å²) in [5.74, 6) is -3.81. The van der Waals surface area contributed by atoms with Crippen LogP contribution in [0.3, 0.4) is 0 Å². The third-order valence-corrected chi connectivity index (χ3v) is 6.17. The van der Waals surface area contributed by atoms with Gasteiger partial charge in [0.05, 0.1) is 19.4 Å². The predicted octanol–water partition coefficient (Wildman–Crippen LogP) is 6.11. The molecule has 0 heterocycles. The van der Waals surface area contributed by atoms with Crippen LogP contribution in [0.5, 0.6) is 0 Å². The Hall–Kier alpha value is -1.96. The molecule has 0 amide bonds. The predicted molar refractivity (Wildman–Crippen MR) is 138 cm³/mol. The minimum absolute atomic E-state index is 0.0430. The van der Waals surface area contributed by atoms with Crippen LogP contribution in [-0.4, -0.2) is 46.3 Å². The van der Waals surface area contributed by atoms with Crippen molar-refractivity contribution in [3.8, 4) is 0 Å². The molecular formula is C28H50O8. The van der Waals surface area contributed by atoms with Crippen molar-refractivity contribution < 1.29 is 38.9 Å². The molecular weight excluding hydrogens is 464 g/mol. The van der Waals surface area contributed by atoms with Gasteiger partial charge in [0, 0.05) is 6.42 Å². The van der Waals surface area contributed by atoms with Gasteiger partial charge in [-0.1, -0.05) is 104 Å². The quantitative estimate of drug-likeness (QED) is 0.0949. The Bertz CT molecular complexity index is 631. The Morgan fingerprint density at radius 2 is 1.19 bits per heavy atom. The molecule has 36 heavy (non-hydrogen) atoms. The number of aliphatic hydroxyl groups is 1. The van der Waals surface area contributed by atoms with Gasteiger partial charge in [-0.05, 0) is 18.8 Å². The number of hydrogen-bond donors (Lipinski definition) is 2. The molecule has 0 spiro atoms. The lowest BCUT2D eigenvalue weighted by atomic mass is 9.96. The maximum atomic E-state index is 12.0. The second-order valence-electron chi connectivity index (χ2n) is 10.3. The van der Waals surface area contributed by atoms with Crippen LogP contribution in [0.4, 0.5) is 0 Å². The molecule has 0 aliphatic rings. The van der Waals surface area contributed by atoms with Gasteiger partial charge in [0.2, 0.25) is 0 Å². The largest absolute Gasteiger partial charge is 0.479 e. The van der Waals surface area contributed by atoms with Gasteiger partial charge in [-0.25, -0.2) is 4.79 Å². The first-order valence-electron chi connectivity index (χ1n) is 14.0. The molecule has 0 bridgehead atoms. The van der Waals surface area contributed by atoms with Crippen molar-refractivity contribution >= 4 is 23.9 Å². The van der Waals surface area contributed by atoms with Gasteiger partial charge in [-0.3, -0.25) is 14.4 Å². The summed E-state index contributed by atoms with van der Waals surface area (Å²) in [6.07, 6.45) is 14.0. The molecule has 0 saturated carbocycles. The fourth-order valence-corrected chi connectivity index (χ4v) is 3.91. The molecule has 8 nitrogen and oxygen atoms in total. The normalized spacial score (nSPS) is 12.8. The van der Waals surface area contributed by atoms with E-state index >= 15 is 0 Å². The van der Waals surface area contributed by atoms with Crippen LogP contribution >= 0.6 is 0 Å². The van der Waals surface area contributed by atoms with Crippen LogP contribution in [0.15, 0.2) is 0 Å². The van der Waals surface area contributed by atoms with Crippen LogP contribution in [0, 0.1) is 5.92 Å². The highest BCUT2D eigenvalue weighted by atomic mass is 16.6. The Labute approximate surface area is 217 Å². The van der Waals surface area contributed by atoms with Crippen molar-refractivity contribution in [2.24, 2.45) is 5.92 Å². The molecule has 0 fully saturated rings. The smallest absolute Gasteiger partial charge is 0.336 e. The van der Waals surface area contributed by atoms with E-state index in [-0.39, 0.29) is 13.0 Å². The molecule has 0 aliphatic heterocycles. The first kappa shape index (κ1) is 34.0. The summed E-state index contributed by atoms with van der Waals surface area (Å²) in [6, 6.07) is 0. The number of carbonyl (C=O) groups is 4. The number of carbonyl (C=O) groups excluding carboxylic acids is 3. The number of aliphatic carboxylic acids is 1. The second-order valence-corrected chi connectivity index (χ2v) is 10.3. The zero-order valence-electron chi connectivity index (χ0n) is 22.9. The second kappa shape index (κ2) is 21.2. The molecule has 1 unspecified atom stereocenters. The molecule has 210 valence electrons. The van der Waals surface area contributed by atoms with E-state index < -0.39 is 42.3 Å². The number of ether oxygens (including phenoxy) is 2. The molecule has 0 aliphatic carbocycles. The Balaban J connectivity index is 4.05. The molecule has 2 N–H and O–H groups in total. The van der Waals surface area contributed by atoms with E-state index in [1.807, 2.05) is 0 Å². The zero-order chi connectivity index (χ0) is 27.2. The van der Waals surface area contributed by atoms with Crippen LogP contribution in [-0.2, 0) is 28.7 Å². The molecule has 0 aromatic heterocycles. The average Bonchev–Trinajstić information content (AvgIpc) is 2.79. The summed E-state index contributed by atoms with van der Waals surface area (Å²) in [5.41, 5.74) is -2.68. The lowest BCUT2D eigenvalue weighted by molar-refractivity contribution is -0.175. The topological polar surface area (TPSA) is 127 Å². The molecule has 1 atom stereocenters. The number of rotatable bonds is 23. The van der Waals surface area contributed by atoms with E-state index in [1.54, 1.807) is 0 Å². The molecule has 0 aromatic carbocycles. The van der Waals surface area contributed by atoms with Crippen molar-refractivity contribution in [2.45, 2.75) is 142 Å². The fraction of sp³-hybridized carbons (Fsp3) is 0.857. The standard InChI is InChI=1S/C28H50O8/c1-4-5-6-12-16-19-24(29)36-26(31)22-28(34,27(32)33)21-25(30)35-20-17-14-11-9-7-8-10-13-15-18-23(2)3/h23,34H,4-22H2,1-3H3,(H,32,33). The van der Waals surface area contributed by atoms with Crippen molar-refractivity contribution in [2.75, 3.05) is 6.61 Å². The first-order valence-corrected chi connectivity index (χ1v) is 14.0. The lowest BCUT2D eigenvalue weighted by Crippen LogP contribution is -2.43. The van der Waals surface area contributed by atoms with Gasteiger partial charge in [-0.15, -0.1) is 0 Å². The SMILES string of the molecule is CCCCCCCC(=O)OC(=O)CC(O)(CC(=O)OCCCCCCCCCCCC(C)C)C(=O)O. The minimum Gasteiger partial charge on any atom is -0.479 e. The van der Waals surface area contributed by atoms with E-state index in [2.05, 4.69) is 25.5 Å². The summed E-state index contributed by atoms with van der Waals surface area (Å²) < 4.78 is 9.66. The molecule has 0 rings (SSSR count). The van der Waals surface area contributed by atoms with Crippen LogP contribution in [0.25, 0.3) is 0 Å². The van der Waals surface area contributed by atoms with Crippen molar-refractivity contribution in [1.29, 1.82) is 0 Å². The molecule has 0 saturated heterocycles. The van der Waals surface area contributed by atoms with E-state index in [1.165, 1.54) is 38.5 Å². The summed E-state index contributed by atoms with van der Waals surface area (Å²) in [5, 5.41) is 19.6. The van der Waals surface area contributed by atoms with E-state index in [4.69, 9.17) is 4.74 Å². The zero-order valence-corrected chi connectivity index (χ0v) is 22.9. The maximum absolute atomic E-state index is 12.0. The van der Waals surface area contributed by atoms with Gasteiger partial charge in [0.15, 0.2) is 5.60 Å².